The molecule has 121 heavy (non-hydrogen) atoms. The lowest BCUT2D eigenvalue weighted by Gasteiger charge is -2.46. The molecule has 0 unspecified atom stereocenters. The Bertz CT molecular complexity index is 6940. The van der Waals surface area contributed by atoms with Crippen molar-refractivity contribution in [1.82, 2.24) is 9.13 Å². The van der Waals surface area contributed by atoms with Crippen LogP contribution in [0.2, 0.25) is 0 Å². The van der Waals surface area contributed by atoms with Gasteiger partial charge in [-0.15, -0.1) is 0 Å². The summed E-state index contributed by atoms with van der Waals surface area (Å²) in [7, 11) is 0. The molecule has 0 aliphatic carbocycles. The lowest BCUT2D eigenvalue weighted by molar-refractivity contribution is 0.569. The fraction of sp³-hybridized carbons (Fsp3) is 0.0690. The number of benzene rings is 18. The number of rotatable bonds is 13. The number of aromatic nitrogens is 2. The molecule has 2 aliphatic heterocycles. The molecule has 0 spiro atoms. The van der Waals surface area contributed by atoms with Crippen LogP contribution >= 0.6 is 0 Å². The monoisotopic (exact) mass is 1550 g/mol. The summed E-state index contributed by atoms with van der Waals surface area (Å²) in [6, 6.07) is 158. The van der Waals surface area contributed by atoms with Gasteiger partial charge in [0.25, 0.3) is 6.71 Å². The van der Waals surface area contributed by atoms with Gasteiger partial charge in [-0.25, -0.2) is 0 Å². The highest BCUT2D eigenvalue weighted by molar-refractivity contribution is 7.00. The van der Waals surface area contributed by atoms with Crippen LogP contribution in [-0.2, 0) is 10.8 Å². The van der Waals surface area contributed by atoms with E-state index in [0.717, 1.165) is 145 Å². The lowest BCUT2D eigenvalue weighted by Crippen LogP contribution is -2.61. The van der Waals surface area contributed by atoms with Gasteiger partial charge in [-0.2, -0.15) is 0 Å². The van der Waals surface area contributed by atoms with Crippen molar-refractivity contribution in [2.45, 2.75) is 52.4 Å². The zero-order valence-electron chi connectivity index (χ0n) is 68.7. The van der Waals surface area contributed by atoms with E-state index in [2.05, 4.69) is 479 Å². The van der Waals surface area contributed by atoms with Crippen molar-refractivity contribution in [2.75, 3.05) is 9.80 Å². The average molecular weight is 1550 g/mol. The quantitative estimate of drug-likeness (QED) is 0.107. The van der Waals surface area contributed by atoms with Crippen LogP contribution < -0.4 is 26.2 Å². The van der Waals surface area contributed by atoms with Gasteiger partial charge in [-0.05, 0) is 201 Å². The standard InChI is InChI=1S/C116H87BN4/c1-115(2,3)90-69-88(70-91(73-90)116(4,5)6)89-71-110-112-111(72-89)121(114-95(79-39-17-10-18-40-79)54-32-56-97(114)87-48-30-46-85(68-87)83-44-28-42-81(66-83)77-35-13-8-14-36-77)109-75-93(119-106-59-25-21-51-100(106)101-52-22-26-60-107(101)119)62-64-103(109)117(112)102-63-61-92(118-104-57-23-19-49-98(104)99-50-20-24-58-105(99)118)74-108(102)120(110)113-94(78-37-15-9-16-38-78)53-31-55-96(113)86-47-29-45-84(67-86)82-43-27-41-80(65-82)76-33-11-7-12-34-76/h7-75H,1-6H3. The molecule has 5 heteroatoms. The van der Waals surface area contributed by atoms with E-state index in [4.69, 9.17) is 0 Å². The first kappa shape index (κ1) is 72.7. The molecular formula is C116H87BN4. The molecule has 0 radical (unpaired) electrons. The molecule has 2 aromatic heterocycles. The second-order valence-corrected chi connectivity index (χ2v) is 34.7. The van der Waals surface area contributed by atoms with Crippen LogP contribution in [0.4, 0.5) is 34.1 Å². The summed E-state index contributed by atoms with van der Waals surface area (Å²) in [6.45, 7) is 13.9. The first-order valence-corrected chi connectivity index (χ1v) is 42.4. The summed E-state index contributed by atoms with van der Waals surface area (Å²) in [5, 5.41) is 4.85. The smallest absolute Gasteiger partial charge is 0.252 e. The molecule has 0 bridgehead atoms. The highest BCUT2D eigenvalue weighted by Gasteiger charge is 2.46. The van der Waals surface area contributed by atoms with Gasteiger partial charge in [-0.3, -0.25) is 0 Å². The van der Waals surface area contributed by atoms with E-state index in [1.807, 2.05) is 0 Å². The van der Waals surface area contributed by atoms with Crippen molar-refractivity contribution in [1.29, 1.82) is 0 Å². The first-order chi connectivity index (χ1) is 59.3. The molecule has 0 amide bonds. The minimum Gasteiger partial charge on any atom is -0.310 e. The SMILES string of the molecule is CC(C)(C)c1cc(-c2cc3c4c(c2)N(c2c(-c5ccccc5)cccc2-c2cccc(-c5cccc(-c6ccccc6)c5)c2)c2cc(-n5c6ccccc6c6ccccc65)ccc2B4c2ccc(-n4c5ccccc5c5ccccc54)cc2N3c2c(-c3ccccc3)cccc2-c2cccc(-c3cccc(-c4ccccc4)c3)c2)cc(C(C)(C)C)c1. The Labute approximate surface area is 708 Å². The molecule has 20 aromatic rings. The fourth-order valence-corrected chi connectivity index (χ4v) is 19.4. The topological polar surface area (TPSA) is 16.3 Å². The fourth-order valence-electron chi connectivity index (χ4n) is 19.4. The van der Waals surface area contributed by atoms with E-state index in [1.54, 1.807) is 0 Å². The molecule has 0 N–H and O–H groups in total. The number of hydrogen-bond donors (Lipinski definition) is 0. The summed E-state index contributed by atoms with van der Waals surface area (Å²) in [5.41, 5.74) is 39.5. The molecule has 0 saturated heterocycles. The third-order valence-corrected chi connectivity index (χ3v) is 25.4. The van der Waals surface area contributed by atoms with Gasteiger partial charge in [0.2, 0.25) is 0 Å². The van der Waals surface area contributed by atoms with Gasteiger partial charge < -0.3 is 18.9 Å². The summed E-state index contributed by atoms with van der Waals surface area (Å²) in [6.07, 6.45) is 0. The molecule has 0 atom stereocenters. The first-order valence-electron chi connectivity index (χ1n) is 42.4. The molecule has 4 heterocycles. The van der Waals surface area contributed by atoms with Gasteiger partial charge in [-0.1, -0.05) is 375 Å². The summed E-state index contributed by atoms with van der Waals surface area (Å²) < 4.78 is 5.02. The third-order valence-electron chi connectivity index (χ3n) is 25.4. The number of nitrogens with zero attached hydrogens (tertiary/aromatic N) is 4. The Morgan fingerprint density at radius 1 is 0.198 bits per heavy atom. The van der Waals surface area contributed by atoms with Gasteiger partial charge in [0.15, 0.2) is 0 Å². The van der Waals surface area contributed by atoms with Crippen LogP contribution in [0.5, 0.6) is 0 Å². The third kappa shape index (κ3) is 12.5. The van der Waals surface area contributed by atoms with E-state index < -0.39 is 0 Å². The highest BCUT2D eigenvalue weighted by atomic mass is 15.2. The van der Waals surface area contributed by atoms with Crippen LogP contribution in [0.25, 0.3) is 155 Å². The Morgan fingerprint density at radius 3 is 0.818 bits per heavy atom. The number of para-hydroxylation sites is 6. The van der Waals surface area contributed by atoms with Crippen molar-refractivity contribution in [2.24, 2.45) is 0 Å². The van der Waals surface area contributed by atoms with E-state index in [-0.39, 0.29) is 17.5 Å². The van der Waals surface area contributed by atoms with Crippen LogP contribution in [0.3, 0.4) is 0 Å². The predicted molar refractivity (Wildman–Crippen MR) is 515 cm³/mol. The molecular weight excluding hydrogens is 1460 g/mol. The summed E-state index contributed by atoms with van der Waals surface area (Å²) in [4.78, 5) is 5.47. The predicted octanol–water partition coefficient (Wildman–Crippen LogP) is 29.6. The zero-order chi connectivity index (χ0) is 81.2. The number of anilines is 6. The Kier molecular flexibility index (Phi) is 17.5. The van der Waals surface area contributed by atoms with E-state index in [0.29, 0.717) is 0 Å². The van der Waals surface area contributed by atoms with Crippen LogP contribution in [0, 0.1) is 0 Å². The average Bonchev–Trinajstić information content (AvgIpc) is 1.16. The highest BCUT2D eigenvalue weighted by Crippen LogP contribution is 2.56. The number of hydrogen-bond acceptors (Lipinski definition) is 2. The van der Waals surface area contributed by atoms with Gasteiger partial charge in [0.05, 0.1) is 33.4 Å². The molecule has 2 aliphatic rings. The Morgan fingerprint density at radius 2 is 0.471 bits per heavy atom. The van der Waals surface area contributed by atoms with Crippen LogP contribution in [-0.4, -0.2) is 15.8 Å². The van der Waals surface area contributed by atoms with E-state index >= 15 is 0 Å². The van der Waals surface area contributed by atoms with Gasteiger partial charge >= 0.3 is 0 Å². The molecule has 0 saturated carbocycles. The van der Waals surface area contributed by atoms with Crippen molar-refractivity contribution >= 4 is 101 Å². The molecule has 0 fully saturated rings. The van der Waals surface area contributed by atoms with Crippen molar-refractivity contribution in [3.8, 4) is 112 Å². The van der Waals surface area contributed by atoms with Crippen molar-refractivity contribution in [3.63, 3.8) is 0 Å². The second kappa shape index (κ2) is 29.1. The maximum Gasteiger partial charge on any atom is 0.252 e. The van der Waals surface area contributed by atoms with Crippen molar-refractivity contribution in [3.05, 3.63) is 430 Å². The van der Waals surface area contributed by atoms with Gasteiger partial charge in [0.1, 0.15) is 0 Å². The zero-order valence-corrected chi connectivity index (χ0v) is 68.7. The molecule has 4 nitrogen and oxygen atoms in total. The minimum atomic E-state index is -0.317. The Balaban J connectivity index is 0.897. The molecule has 574 valence electrons. The maximum absolute atomic E-state index is 2.73. The van der Waals surface area contributed by atoms with Crippen LogP contribution in [0.15, 0.2) is 419 Å². The van der Waals surface area contributed by atoms with E-state index in [9.17, 15) is 0 Å². The number of fused-ring (bicyclic) bond motifs is 10. The van der Waals surface area contributed by atoms with E-state index in [1.165, 1.54) is 71.3 Å². The second-order valence-electron chi connectivity index (χ2n) is 34.7. The summed E-state index contributed by atoms with van der Waals surface area (Å²) in [5.74, 6) is 0. The molecule has 22 rings (SSSR count). The van der Waals surface area contributed by atoms with Crippen molar-refractivity contribution < 1.29 is 0 Å². The maximum atomic E-state index is 2.73. The molecule has 18 aromatic carbocycles. The largest absolute Gasteiger partial charge is 0.310 e. The lowest BCUT2D eigenvalue weighted by atomic mass is 9.33. The normalized spacial score (nSPS) is 12.5. The Hall–Kier alpha value is -14.8. The van der Waals surface area contributed by atoms with Crippen LogP contribution in [0.1, 0.15) is 52.7 Å². The summed E-state index contributed by atoms with van der Waals surface area (Å²) >= 11 is 0. The minimum absolute atomic E-state index is 0.201. The van der Waals surface area contributed by atoms with Gasteiger partial charge in [0, 0.05) is 77.9 Å².